The van der Waals surface area contributed by atoms with Crippen molar-refractivity contribution in [1.29, 1.82) is 0 Å². The first-order valence-electron chi connectivity index (χ1n) is 8.14. The van der Waals surface area contributed by atoms with Gasteiger partial charge in [0.25, 0.3) is 0 Å². The van der Waals surface area contributed by atoms with E-state index >= 15 is 0 Å². The fraction of sp³-hybridized carbons (Fsp3) is 0.500. The molecule has 1 N–H and O–H groups in total. The number of para-hydroxylation sites is 1. The molecule has 1 aromatic heterocycles. The van der Waals surface area contributed by atoms with Crippen LogP contribution in [-0.4, -0.2) is 15.8 Å². The Balaban J connectivity index is 1.55. The molecule has 1 aliphatic carbocycles. The minimum absolute atomic E-state index is 0.664. The zero-order valence-electron chi connectivity index (χ0n) is 12.8. The average molecular weight is 283 g/mol. The summed E-state index contributed by atoms with van der Waals surface area (Å²) in [6, 6.07) is 13.1. The second-order valence-corrected chi connectivity index (χ2v) is 6.28. The first-order chi connectivity index (χ1) is 10.3. The number of aromatic nitrogens is 2. The Morgan fingerprint density at radius 1 is 1.10 bits per heavy atom. The smallest absolute Gasteiger partial charge is 0.0766 e. The molecule has 0 bridgehead atoms. The highest BCUT2D eigenvalue weighted by Gasteiger charge is 2.15. The van der Waals surface area contributed by atoms with Crippen LogP contribution in [0.5, 0.6) is 0 Å². The minimum Gasteiger partial charge on any atom is -0.308 e. The van der Waals surface area contributed by atoms with E-state index in [1.807, 2.05) is 29.1 Å². The molecule has 3 rings (SSSR count). The highest BCUT2D eigenvalue weighted by atomic mass is 15.3. The highest BCUT2D eigenvalue weighted by molar-refractivity contribution is 5.30. The van der Waals surface area contributed by atoms with Crippen LogP contribution in [-0.2, 0) is 6.54 Å². The Bertz CT molecular complexity index is 547. The van der Waals surface area contributed by atoms with Crippen LogP contribution in [0.4, 0.5) is 0 Å². The Hall–Kier alpha value is -1.61. The number of hydrogen-bond acceptors (Lipinski definition) is 2. The van der Waals surface area contributed by atoms with Gasteiger partial charge in [-0.15, -0.1) is 0 Å². The van der Waals surface area contributed by atoms with E-state index in [1.165, 1.54) is 32.1 Å². The van der Waals surface area contributed by atoms with Crippen LogP contribution in [0, 0.1) is 5.92 Å². The molecule has 2 unspecified atom stereocenters. The van der Waals surface area contributed by atoms with E-state index in [9.17, 15) is 0 Å². The summed E-state index contributed by atoms with van der Waals surface area (Å²) in [6.45, 7) is 3.25. The van der Waals surface area contributed by atoms with Gasteiger partial charge in [0, 0.05) is 18.8 Å². The molecule has 0 amide bonds. The van der Waals surface area contributed by atoms with Gasteiger partial charge in [0.1, 0.15) is 0 Å². The topological polar surface area (TPSA) is 29.9 Å². The molecule has 1 heterocycles. The minimum atomic E-state index is 0.664. The van der Waals surface area contributed by atoms with Gasteiger partial charge >= 0.3 is 0 Å². The van der Waals surface area contributed by atoms with Gasteiger partial charge in [0.15, 0.2) is 0 Å². The molecule has 3 nitrogen and oxygen atoms in total. The second-order valence-electron chi connectivity index (χ2n) is 6.28. The lowest BCUT2D eigenvalue weighted by Gasteiger charge is -2.15. The van der Waals surface area contributed by atoms with Crippen molar-refractivity contribution in [3.63, 3.8) is 0 Å². The molecular weight excluding hydrogens is 258 g/mol. The maximum absolute atomic E-state index is 4.66. The van der Waals surface area contributed by atoms with Gasteiger partial charge in [-0.3, -0.25) is 0 Å². The van der Waals surface area contributed by atoms with Crippen LogP contribution in [0.25, 0.3) is 5.69 Å². The fourth-order valence-electron chi connectivity index (χ4n) is 3.12. The maximum atomic E-state index is 4.66. The molecule has 1 aliphatic rings. The summed E-state index contributed by atoms with van der Waals surface area (Å²) in [7, 11) is 0. The molecular formula is C18H25N3. The van der Waals surface area contributed by atoms with Gasteiger partial charge in [-0.2, -0.15) is 5.10 Å². The van der Waals surface area contributed by atoms with E-state index in [0.717, 1.165) is 23.8 Å². The van der Waals surface area contributed by atoms with Crippen LogP contribution in [0.2, 0.25) is 0 Å². The monoisotopic (exact) mass is 283 g/mol. The number of hydrogen-bond donors (Lipinski definition) is 1. The predicted octanol–water partition coefficient (Wildman–Crippen LogP) is 3.93. The molecule has 0 spiro atoms. The van der Waals surface area contributed by atoms with E-state index in [0.29, 0.717) is 6.04 Å². The van der Waals surface area contributed by atoms with Crippen LogP contribution in [0.15, 0.2) is 42.6 Å². The van der Waals surface area contributed by atoms with Gasteiger partial charge in [0.2, 0.25) is 0 Å². The van der Waals surface area contributed by atoms with Gasteiger partial charge in [-0.25, -0.2) is 4.68 Å². The number of nitrogens with one attached hydrogen (secondary N) is 1. The van der Waals surface area contributed by atoms with Gasteiger partial charge in [-0.1, -0.05) is 38.0 Å². The van der Waals surface area contributed by atoms with Gasteiger partial charge < -0.3 is 5.32 Å². The molecule has 0 aliphatic heterocycles. The summed E-state index contributed by atoms with van der Waals surface area (Å²) in [5.74, 6) is 0.897. The Labute approximate surface area is 127 Å². The van der Waals surface area contributed by atoms with E-state index in [1.54, 1.807) is 0 Å². The Morgan fingerprint density at radius 2 is 1.95 bits per heavy atom. The third-order valence-electron chi connectivity index (χ3n) is 4.49. The van der Waals surface area contributed by atoms with Crippen LogP contribution in [0.1, 0.15) is 44.7 Å². The van der Waals surface area contributed by atoms with Crippen molar-refractivity contribution in [2.24, 2.45) is 5.92 Å². The lowest BCUT2D eigenvalue weighted by atomic mass is 10.0. The van der Waals surface area contributed by atoms with Crippen LogP contribution >= 0.6 is 0 Å². The van der Waals surface area contributed by atoms with Crippen molar-refractivity contribution < 1.29 is 0 Å². The Morgan fingerprint density at radius 3 is 2.81 bits per heavy atom. The largest absolute Gasteiger partial charge is 0.308 e. The number of benzene rings is 1. The summed E-state index contributed by atoms with van der Waals surface area (Å²) in [4.78, 5) is 0. The predicted molar refractivity (Wildman–Crippen MR) is 86.4 cm³/mol. The molecule has 3 heteroatoms. The van der Waals surface area contributed by atoms with Gasteiger partial charge in [-0.05, 0) is 43.4 Å². The number of rotatable bonds is 4. The highest BCUT2D eigenvalue weighted by Crippen LogP contribution is 2.22. The van der Waals surface area contributed by atoms with E-state index in [4.69, 9.17) is 0 Å². The van der Waals surface area contributed by atoms with Crippen molar-refractivity contribution in [2.75, 3.05) is 0 Å². The quantitative estimate of drug-likeness (QED) is 0.862. The van der Waals surface area contributed by atoms with Gasteiger partial charge in [0.05, 0.1) is 11.4 Å². The summed E-state index contributed by atoms with van der Waals surface area (Å²) in [5.41, 5.74) is 2.24. The first kappa shape index (κ1) is 14.3. The number of nitrogens with zero attached hydrogens (tertiary/aromatic N) is 2. The summed E-state index contributed by atoms with van der Waals surface area (Å²) in [5, 5.41) is 8.34. The van der Waals surface area contributed by atoms with Crippen LogP contribution in [0.3, 0.4) is 0 Å². The van der Waals surface area contributed by atoms with Crippen molar-refractivity contribution in [1.82, 2.24) is 15.1 Å². The van der Waals surface area contributed by atoms with E-state index < -0.39 is 0 Å². The van der Waals surface area contributed by atoms with E-state index in [-0.39, 0.29) is 0 Å². The third kappa shape index (κ3) is 3.94. The van der Waals surface area contributed by atoms with Crippen molar-refractivity contribution >= 4 is 0 Å². The first-order valence-corrected chi connectivity index (χ1v) is 8.14. The van der Waals surface area contributed by atoms with E-state index in [2.05, 4.69) is 35.5 Å². The lowest BCUT2D eigenvalue weighted by molar-refractivity contribution is 0.444. The third-order valence-corrected chi connectivity index (χ3v) is 4.49. The molecule has 21 heavy (non-hydrogen) atoms. The SMILES string of the molecule is CC1CCCC(NCc2ccn(-c3ccccc3)n2)CC1. The summed E-state index contributed by atoms with van der Waals surface area (Å²) < 4.78 is 1.95. The standard InChI is InChI=1S/C18H25N3/c1-15-6-5-7-16(11-10-15)19-14-17-12-13-21(20-17)18-8-3-2-4-9-18/h2-4,8-9,12-13,15-16,19H,5-7,10-11,14H2,1H3. The molecule has 0 saturated heterocycles. The normalized spacial score (nSPS) is 22.9. The molecule has 1 saturated carbocycles. The van der Waals surface area contributed by atoms with Crippen molar-refractivity contribution in [2.45, 2.75) is 51.6 Å². The molecule has 2 atom stereocenters. The molecule has 1 aromatic carbocycles. The zero-order chi connectivity index (χ0) is 14.5. The van der Waals surface area contributed by atoms with Crippen LogP contribution < -0.4 is 5.32 Å². The molecule has 1 fully saturated rings. The van der Waals surface area contributed by atoms with Crippen molar-refractivity contribution in [3.05, 3.63) is 48.3 Å². The molecule has 112 valence electrons. The zero-order valence-corrected chi connectivity index (χ0v) is 12.8. The van der Waals surface area contributed by atoms with Crippen molar-refractivity contribution in [3.8, 4) is 5.69 Å². The summed E-state index contributed by atoms with van der Waals surface area (Å²) in [6.07, 6.45) is 8.76. The lowest BCUT2D eigenvalue weighted by Crippen LogP contribution is -2.28. The average Bonchev–Trinajstić information content (AvgIpc) is 2.90. The molecule has 2 aromatic rings. The molecule has 0 radical (unpaired) electrons. The summed E-state index contributed by atoms with van der Waals surface area (Å²) >= 11 is 0. The Kier molecular flexibility index (Phi) is 4.71. The fourth-order valence-corrected chi connectivity index (χ4v) is 3.12. The maximum Gasteiger partial charge on any atom is 0.0766 e. The second kappa shape index (κ2) is 6.90.